The van der Waals surface area contributed by atoms with E-state index in [1.54, 1.807) is 0 Å². The van der Waals surface area contributed by atoms with Gasteiger partial charge in [-0.05, 0) is 5.56 Å². The summed E-state index contributed by atoms with van der Waals surface area (Å²) in [5.41, 5.74) is 1.22. The Balaban J connectivity index is 2.11. The van der Waals surface area contributed by atoms with E-state index in [4.69, 9.17) is 0 Å². The maximum Gasteiger partial charge on any atom is 0.282 e. The lowest BCUT2D eigenvalue weighted by atomic mass is 10.1. The average Bonchev–Trinajstić information content (AvgIpc) is 2.73. The predicted octanol–water partition coefficient (Wildman–Crippen LogP) is 3.85. The highest BCUT2D eigenvalue weighted by atomic mass is 79.9. The molecule has 0 aromatic heterocycles. The molecule has 2 rings (SSSR count). The van der Waals surface area contributed by atoms with Gasteiger partial charge >= 0.3 is 0 Å². The Bertz CT molecular complexity index is 407. The summed E-state index contributed by atoms with van der Waals surface area (Å²) >= 11 is 4.75. The van der Waals surface area contributed by atoms with Gasteiger partial charge in [0.25, 0.3) is 5.24 Å². The Morgan fingerprint density at radius 1 is 1.35 bits per heavy atom. The molecule has 2 nitrogen and oxygen atoms in total. The minimum absolute atomic E-state index is 0.179. The SMILES string of the molecule is O=C1SC[C@@H](c2ccccc2)N1C/C=C/CBr. The molecule has 90 valence electrons. The molecule has 1 fully saturated rings. The molecule has 0 saturated carbocycles. The minimum Gasteiger partial charge on any atom is -0.322 e. The number of hydrogen-bond donors (Lipinski definition) is 0. The van der Waals surface area contributed by atoms with E-state index >= 15 is 0 Å². The molecular weight excluding hydrogens is 298 g/mol. The van der Waals surface area contributed by atoms with Crippen molar-refractivity contribution in [2.24, 2.45) is 0 Å². The van der Waals surface area contributed by atoms with E-state index in [-0.39, 0.29) is 11.3 Å². The number of rotatable bonds is 4. The van der Waals surface area contributed by atoms with Crippen molar-refractivity contribution in [2.45, 2.75) is 6.04 Å². The van der Waals surface area contributed by atoms with E-state index in [9.17, 15) is 4.79 Å². The van der Waals surface area contributed by atoms with Crippen LogP contribution in [-0.2, 0) is 0 Å². The van der Waals surface area contributed by atoms with Crippen molar-refractivity contribution in [3.8, 4) is 0 Å². The number of allylic oxidation sites excluding steroid dienone is 1. The topological polar surface area (TPSA) is 20.3 Å². The van der Waals surface area contributed by atoms with Gasteiger partial charge in [-0.2, -0.15) is 0 Å². The van der Waals surface area contributed by atoms with Crippen LogP contribution in [0.15, 0.2) is 42.5 Å². The fourth-order valence-corrected chi connectivity index (χ4v) is 3.16. The van der Waals surface area contributed by atoms with Gasteiger partial charge < -0.3 is 4.90 Å². The summed E-state index contributed by atoms with van der Waals surface area (Å²) in [6.07, 6.45) is 4.06. The van der Waals surface area contributed by atoms with Crippen LogP contribution in [0.25, 0.3) is 0 Å². The summed E-state index contributed by atoms with van der Waals surface area (Å²) < 4.78 is 0. The summed E-state index contributed by atoms with van der Waals surface area (Å²) in [5, 5.41) is 1.01. The predicted molar refractivity (Wildman–Crippen MR) is 76.7 cm³/mol. The number of halogens is 1. The third-order valence-electron chi connectivity index (χ3n) is 2.72. The van der Waals surface area contributed by atoms with Crippen LogP contribution in [-0.4, -0.2) is 27.8 Å². The first-order valence-corrected chi connectivity index (χ1v) is 7.63. The molecule has 1 aliphatic heterocycles. The van der Waals surface area contributed by atoms with E-state index in [2.05, 4.69) is 28.1 Å². The van der Waals surface area contributed by atoms with Gasteiger partial charge in [0.1, 0.15) is 0 Å². The molecule has 1 amide bonds. The number of nitrogens with zero attached hydrogens (tertiary/aromatic N) is 1. The van der Waals surface area contributed by atoms with Gasteiger partial charge in [0.15, 0.2) is 0 Å². The van der Waals surface area contributed by atoms with Crippen LogP contribution in [0, 0.1) is 0 Å². The maximum absolute atomic E-state index is 11.8. The second kappa shape index (κ2) is 6.26. The molecule has 4 heteroatoms. The zero-order valence-electron chi connectivity index (χ0n) is 9.38. The third-order valence-corrected chi connectivity index (χ3v) is 4.06. The summed E-state index contributed by atoms with van der Waals surface area (Å²) in [6.45, 7) is 0.691. The first-order chi connectivity index (χ1) is 8.33. The van der Waals surface area contributed by atoms with Gasteiger partial charge in [0.05, 0.1) is 6.04 Å². The maximum atomic E-state index is 11.8. The van der Waals surface area contributed by atoms with Crippen molar-refractivity contribution >= 4 is 32.9 Å². The first kappa shape index (κ1) is 12.7. The van der Waals surface area contributed by atoms with Crippen molar-refractivity contribution in [3.63, 3.8) is 0 Å². The van der Waals surface area contributed by atoms with E-state index in [1.165, 1.54) is 17.3 Å². The van der Waals surface area contributed by atoms with Crippen LogP contribution >= 0.6 is 27.7 Å². The summed E-state index contributed by atoms with van der Waals surface area (Å²) in [5.74, 6) is 0.852. The quantitative estimate of drug-likeness (QED) is 0.622. The molecule has 1 heterocycles. The molecule has 0 unspecified atom stereocenters. The molecule has 0 spiro atoms. The number of hydrogen-bond acceptors (Lipinski definition) is 2. The molecule has 0 N–H and O–H groups in total. The first-order valence-electron chi connectivity index (χ1n) is 5.52. The Morgan fingerprint density at radius 3 is 2.82 bits per heavy atom. The smallest absolute Gasteiger partial charge is 0.282 e. The van der Waals surface area contributed by atoms with Crippen molar-refractivity contribution in [2.75, 3.05) is 17.6 Å². The highest BCUT2D eigenvalue weighted by Gasteiger charge is 2.31. The molecule has 1 aliphatic rings. The van der Waals surface area contributed by atoms with E-state index < -0.39 is 0 Å². The van der Waals surface area contributed by atoms with Crippen LogP contribution in [0.5, 0.6) is 0 Å². The van der Waals surface area contributed by atoms with Crippen LogP contribution in [0.2, 0.25) is 0 Å². The van der Waals surface area contributed by atoms with Gasteiger partial charge in [0.2, 0.25) is 0 Å². The van der Waals surface area contributed by atoms with Crippen molar-refractivity contribution in [1.82, 2.24) is 4.90 Å². The minimum atomic E-state index is 0.179. The van der Waals surface area contributed by atoms with Gasteiger partial charge in [-0.3, -0.25) is 4.79 Å². The largest absolute Gasteiger partial charge is 0.322 e. The van der Waals surface area contributed by atoms with E-state index in [1.807, 2.05) is 35.3 Å². The number of amides is 1. The van der Waals surface area contributed by atoms with Gasteiger partial charge in [-0.15, -0.1) is 0 Å². The highest BCUT2D eigenvalue weighted by molar-refractivity contribution is 9.09. The number of thioether (sulfide) groups is 1. The Labute approximate surface area is 114 Å². The zero-order chi connectivity index (χ0) is 12.1. The number of benzene rings is 1. The van der Waals surface area contributed by atoms with Crippen molar-refractivity contribution in [1.29, 1.82) is 0 Å². The zero-order valence-corrected chi connectivity index (χ0v) is 11.8. The van der Waals surface area contributed by atoms with Crippen LogP contribution in [0.3, 0.4) is 0 Å². The molecule has 1 aromatic carbocycles. The molecule has 1 saturated heterocycles. The fourth-order valence-electron chi connectivity index (χ4n) is 1.85. The standard InChI is InChI=1S/C13H14BrNOS/c14-8-4-5-9-15-12(10-17-13(15)16)11-6-2-1-3-7-11/h1-7,12H,8-10H2/b5-4+/t12-/m0/s1. The fraction of sp³-hybridized carbons (Fsp3) is 0.308. The second-order valence-corrected chi connectivity index (χ2v) is 5.40. The molecule has 0 aliphatic carbocycles. The molecule has 0 radical (unpaired) electrons. The lowest BCUT2D eigenvalue weighted by Gasteiger charge is -2.22. The second-order valence-electron chi connectivity index (χ2n) is 3.78. The Kier molecular flexibility index (Phi) is 4.68. The van der Waals surface area contributed by atoms with Crippen molar-refractivity contribution < 1.29 is 4.79 Å². The molecule has 1 atom stereocenters. The number of carbonyl (C=O) groups is 1. The van der Waals surface area contributed by atoms with Gasteiger partial charge in [0, 0.05) is 17.6 Å². The number of alkyl halides is 1. The Morgan fingerprint density at radius 2 is 2.12 bits per heavy atom. The number of carbonyl (C=O) groups excluding carboxylic acids is 1. The lowest BCUT2D eigenvalue weighted by Crippen LogP contribution is -2.27. The van der Waals surface area contributed by atoms with Crippen LogP contribution in [0.1, 0.15) is 11.6 Å². The highest BCUT2D eigenvalue weighted by Crippen LogP contribution is 2.34. The molecular formula is C13H14BrNOS. The molecule has 0 bridgehead atoms. The molecule has 17 heavy (non-hydrogen) atoms. The monoisotopic (exact) mass is 311 g/mol. The summed E-state index contributed by atoms with van der Waals surface area (Å²) in [7, 11) is 0. The van der Waals surface area contributed by atoms with Gasteiger partial charge in [-0.1, -0.05) is 70.2 Å². The van der Waals surface area contributed by atoms with Crippen LogP contribution in [0.4, 0.5) is 4.79 Å². The normalized spacial score (nSPS) is 20.4. The van der Waals surface area contributed by atoms with Crippen LogP contribution < -0.4 is 0 Å². The average molecular weight is 312 g/mol. The summed E-state index contributed by atoms with van der Waals surface area (Å²) in [4.78, 5) is 13.7. The third kappa shape index (κ3) is 3.13. The Hall–Kier alpha value is -0.740. The summed E-state index contributed by atoms with van der Waals surface area (Å²) in [6, 6.07) is 10.4. The van der Waals surface area contributed by atoms with E-state index in [0.717, 1.165) is 11.1 Å². The van der Waals surface area contributed by atoms with Gasteiger partial charge in [-0.25, -0.2) is 0 Å². The lowest BCUT2D eigenvalue weighted by molar-refractivity contribution is 0.219. The van der Waals surface area contributed by atoms with Crippen molar-refractivity contribution in [3.05, 3.63) is 48.0 Å². The molecule has 1 aromatic rings. The van der Waals surface area contributed by atoms with E-state index in [0.29, 0.717) is 6.54 Å².